The minimum atomic E-state index is -0.519. The molecule has 2 rings (SSSR count). The van der Waals surface area contributed by atoms with Crippen LogP contribution < -0.4 is 5.73 Å². The smallest absolute Gasteiger partial charge is 0.149 e. The molecule has 1 heterocycles. The number of nitrogens with zero attached hydrogens (tertiary/aromatic N) is 1. The molecular formula is C11H8F2N2. The van der Waals surface area contributed by atoms with Crippen LogP contribution in [0.3, 0.4) is 0 Å². The monoisotopic (exact) mass is 206 g/mol. The number of nitrogen functional groups attached to an aromatic ring is 1. The van der Waals surface area contributed by atoms with E-state index in [2.05, 4.69) is 4.98 Å². The van der Waals surface area contributed by atoms with Gasteiger partial charge in [-0.25, -0.2) is 8.78 Å². The first-order valence-electron chi connectivity index (χ1n) is 4.33. The van der Waals surface area contributed by atoms with Crippen LogP contribution in [-0.4, -0.2) is 4.98 Å². The van der Waals surface area contributed by atoms with Gasteiger partial charge in [0, 0.05) is 23.0 Å². The van der Waals surface area contributed by atoms with Gasteiger partial charge in [0.15, 0.2) is 0 Å². The van der Waals surface area contributed by atoms with Crippen LogP contribution in [0.5, 0.6) is 0 Å². The summed E-state index contributed by atoms with van der Waals surface area (Å²) in [6.45, 7) is 0. The van der Waals surface area contributed by atoms with Crippen molar-refractivity contribution in [1.29, 1.82) is 0 Å². The standard InChI is InChI=1S/C11H8F2N2/c12-7-1-2-11(14)9(5-7)8-3-4-15-6-10(8)13/h1-6H,14H2. The number of nitrogens with two attached hydrogens (primary N) is 1. The van der Waals surface area contributed by atoms with Crippen LogP contribution in [0.25, 0.3) is 11.1 Å². The van der Waals surface area contributed by atoms with Gasteiger partial charge in [-0.2, -0.15) is 0 Å². The number of hydrogen-bond donors (Lipinski definition) is 1. The second-order valence-corrected chi connectivity index (χ2v) is 3.09. The Hall–Kier alpha value is -1.97. The van der Waals surface area contributed by atoms with Gasteiger partial charge in [-0.3, -0.25) is 4.98 Å². The van der Waals surface area contributed by atoms with Gasteiger partial charge >= 0.3 is 0 Å². The Bertz CT molecular complexity index is 498. The number of aromatic nitrogens is 1. The van der Waals surface area contributed by atoms with Crippen LogP contribution in [0, 0.1) is 11.6 Å². The number of halogens is 2. The molecule has 0 saturated carbocycles. The summed E-state index contributed by atoms with van der Waals surface area (Å²) in [7, 11) is 0. The van der Waals surface area contributed by atoms with Crippen molar-refractivity contribution in [2.75, 3.05) is 5.73 Å². The molecular weight excluding hydrogens is 198 g/mol. The van der Waals surface area contributed by atoms with Crippen LogP contribution in [-0.2, 0) is 0 Å². The first-order valence-corrected chi connectivity index (χ1v) is 4.33. The summed E-state index contributed by atoms with van der Waals surface area (Å²) in [5.74, 6) is -0.967. The molecule has 15 heavy (non-hydrogen) atoms. The van der Waals surface area contributed by atoms with Crippen molar-refractivity contribution in [2.45, 2.75) is 0 Å². The Labute approximate surface area is 85.4 Å². The average molecular weight is 206 g/mol. The van der Waals surface area contributed by atoms with E-state index < -0.39 is 11.6 Å². The maximum absolute atomic E-state index is 13.3. The summed E-state index contributed by atoms with van der Waals surface area (Å²) in [5, 5.41) is 0. The summed E-state index contributed by atoms with van der Waals surface area (Å²) in [6, 6.07) is 5.30. The van der Waals surface area contributed by atoms with Gasteiger partial charge in [0.05, 0.1) is 6.20 Å². The maximum atomic E-state index is 13.3. The van der Waals surface area contributed by atoms with Crippen molar-refractivity contribution in [3.8, 4) is 11.1 Å². The van der Waals surface area contributed by atoms with Crippen LogP contribution in [0.15, 0.2) is 36.7 Å². The Morgan fingerprint density at radius 2 is 1.87 bits per heavy atom. The van der Waals surface area contributed by atoms with Gasteiger partial charge in [0.2, 0.25) is 0 Å². The van der Waals surface area contributed by atoms with E-state index in [1.807, 2.05) is 0 Å². The van der Waals surface area contributed by atoms with Crippen molar-refractivity contribution in [1.82, 2.24) is 4.98 Å². The first-order chi connectivity index (χ1) is 7.18. The Morgan fingerprint density at radius 3 is 2.60 bits per heavy atom. The van der Waals surface area contributed by atoms with Crippen LogP contribution in [0.2, 0.25) is 0 Å². The topological polar surface area (TPSA) is 38.9 Å². The van der Waals surface area contributed by atoms with E-state index in [0.717, 1.165) is 6.20 Å². The minimum Gasteiger partial charge on any atom is -0.398 e. The maximum Gasteiger partial charge on any atom is 0.149 e. The lowest BCUT2D eigenvalue weighted by Crippen LogP contribution is -1.93. The molecule has 2 N–H and O–H groups in total. The molecule has 0 spiro atoms. The zero-order valence-corrected chi connectivity index (χ0v) is 7.74. The van der Waals surface area contributed by atoms with Crippen molar-refractivity contribution in [2.24, 2.45) is 0 Å². The van der Waals surface area contributed by atoms with Crippen LogP contribution in [0.1, 0.15) is 0 Å². The summed E-state index contributed by atoms with van der Waals surface area (Å²) >= 11 is 0. The predicted octanol–water partition coefficient (Wildman–Crippen LogP) is 2.61. The molecule has 0 atom stereocenters. The molecule has 0 bridgehead atoms. The van der Waals surface area contributed by atoms with Crippen molar-refractivity contribution < 1.29 is 8.78 Å². The molecule has 0 aliphatic heterocycles. The van der Waals surface area contributed by atoms with Crippen molar-refractivity contribution >= 4 is 5.69 Å². The van der Waals surface area contributed by atoms with Gasteiger partial charge in [-0.15, -0.1) is 0 Å². The van der Waals surface area contributed by atoms with E-state index in [1.54, 1.807) is 0 Å². The van der Waals surface area contributed by atoms with Gasteiger partial charge < -0.3 is 5.73 Å². The first kappa shape index (κ1) is 9.58. The average Bonchev–Trinajstić information content (AvgIpc) is 2.23. The second kappa shape index (κ2) is 3.65. The second-order valence-electron chi connectivity index (χ2n) is 3.09. The molecule has 0 unspecified atom stereocenters. The van der Waals surface area contributed by atoms with Gasteiger partial charge in [0.25, 0.3) is 0 Å². The van der Waals surface area contributed by atoms with Gasteiger partial charge in [-0.1, -0.05) is 0 Å². The SMILES string of the molecule is Nc1ccc(F)cc1-c1ccncc1F. The van der Waals surface area contributed by atoms with E-state index in [1.165, 1.54) is 30.5 Å². The third-order valence-corrected chi connectivity index (χ3v) is 2.08. The summed E-state index contributed by atoms with van der Waals surface area (Å²) in [6.07, 6.45) is 2.50. The van der Waals surface area contributed by atoms with E-state index in [9.17, 15) is 8.78 Å². The highest BCUT2D eigenvalue weighted by Gasteiger charge is 2.08. The number of benzene rings is 1. The Kier molecular flexibility index (Phi) is 2.33. The number of rotatable bonds is 1. The third-order valence-electron chi connectivity index (χ3n) is 2.08. The van der Waals surface area contributed by atoms with E-state index >= 15 is 0 Å². The quantitative estimate of drug-likeness (QED) is 0.728. The highest BCUT2D eigenvalue weighted by Crippen LogP contribution is 2.28. The third kappa shape index (κ3) is 1.79. The normalized spacial score (nSPS) is 10.3. The lowest BCUT2D eigenvalue weighted by Gasteiger charge is -2.06. The largest absolute Gasteiger partial charge is 0.398 e. The summed E-state index contributed by atoms with van der Waals surface area (Å²) < 4.78 is 26.3. The molecule has 2 nitrogen and oxygen atoms in total. The minimum absolute atomic E-state index is 0.252. The van der Waals surface area contributed by atoms with Crippen molar-refractivity contribution in [3.63, 3.8) is 0 Å². The molecule has 0 amide bonds. The number of pyridine rings is 1. The zero-order valence-electron chi connectivity index (χ0n) is 7.74. The zero-order chi connectivity index (χ0) is 10.8. The van der Waals surface area contributed by atoms with Crippen LogP contribution in [0.4, 0.5) is 14.5 Å². The summed E-state index contributed by atoms with van der Waals surface area (Å²) in [5.41, 5.74) is 6.57. The van der Waals surface area contributed by atoms with E-state index in [0.29, 0.717) is 11.3 Å². The highest BCUT2D eigenvalue weighted by atomic mass is 19.1. The molecule has 0 saturated heterocycles. The Morgan fingerprint density at radius 1 is 1.07 bits per heavy atom. The number of anilines is 1. The molecule has 0 fully saturated rings. The molecule has 4 heteroatoms. The van der Waals surface area contributed by atoms with E-state index in [-0.39, 0.29) is 5.56 Å². The van der Waals surface area contributed by atoms with Crippen molar-refractivity contribution in [3.05, 3.63) is 48.3 Å². The molecule has 0 aliphatic rings. The molecule has 0 aliphatic carbocycles. The fraction of sp³-hybridized carbons (Fsp3) is 0. The predicted molar refractivity (Wildman–Crippen MR) is 54.0 cm³/mol. The molecule has 0 radical (unpaired) electrons. The van der Waals surface area contributed by atoms with E-state index in [4.69, 9.17) is 5.73 Å². The lowest BCUT2D eigenvalue weighted by molar-refractivity contribution is 0.621. The molecule has 1 aromatic heterocycles. The Balaban J connectivity index is 2.64. The van der Waals surface area contributed by atoms with Gasteiger partial charge in [-0.05, 0) is 24.3 Å². The highest BCUT2D eigenvalue weighted by molar-refractivity contribution is 5.76. The fourth-order valence-electron chi connectivity index (χ4n) is 1.36. The molecule has 1 aromatic carbocycles. The fourth-order valence-corrected chi connectivity index (χ4v) is 1.36. The molecule has 2 aromatic rings. The summed E-state index contributed by atoms with van der Waals surface area (Å²) in [4.78, 5) is 3.61. The lowest BCUT2D eigenvalue weighted by atomic mass is 10.0. The number of hydrogen-bond acceptors (Lipinski definition) is 2. The molecule has 76 valence electrons. The van der Waals surface area contributed by atoms with Crippen LogP contribution >= 0.6 is 0 Å². The van der Waals surface area contributed by atoms with Gasteiger partial charge in [0.1, 0.15) is 11.6 Å².